The molecule has 0 radical (unpaired) electrons. The van der Waals surface area contributed by atoms with E-state index in [0.29, 0.717) is 23.8 Å². The van der Waals surface area contributed by atoms with Crippen LogP contribution in [0.25, 0.3) is 5.65 Å². The van der Waals surface area contributed by atoms with Gasteiger partial charge in [-0.1, -0.05) is 19.1 Å². The molecular formula is C22H26N4O2. The second kappa shape index (κ2) is 8.02. The number of amides is 1. The summed E-state index contributed by atoms with van der Waals surface area (Å²) < 4.78 is 7.88. The quantitative estimate of drug-likeness (QED) is 0.716. The molecule has 2 atom stereocenters. The number of hydrogen-bond acceptors (Lipinski definition) is 4. The number of aromatic nitrogens is 2. The summed E-state index contributed by atoms with van der Waals surface area (Å²) in [5, 5.41) is 6.47. The Labute approximate surface area is 164 Å². The zero-order chi connectivity index (χ0) is 19.5. The van der Waals surface area contributed by atoms with E-state index in [-0.39, 0.29) is 11.9 Å². The van der Waals surface area contributed by atoms with Gasteiger partial charge in [-0.05, 0) is 55.6 Å². The van der Waals surface area contributed by atoms with Crippen molar-refractivity contribution in [3.05, 3.63) is 65.6 Å². The van der Waals surface area contributed by atoms with E-state index in [0.717, 1.165) is 30.9 Å². The van der Waals surface area contributed by atoms with Gasteiger partial charge in [0.05, 0.1) is 5.69 Å². The molecule has 0 spiro atoms. The number of rotatable bonds is 5. The zero-order valence-corrected chi connectivity index (χ0v) is 16.3. The number of imidazole rings is 1. The van der Waals surface area contributed by atoms with E-state index in [9.17, 15) is 4.79 Å². The maximum absolute atomic E-state index is 12.6. The van der Waals surface area contributed by atoms with E-state index in [2.05, 4.69) is 29.5 Å². The first-order valence-corrected chi connectivity index (χ1v) is 9.77. The smallest absolute Gasteiger partial charge is 0.251 e. The second-order valence-electron chi connectivity index (χ2n) is 7.57. The molecule has 2 aromatic heterocycles. The van der Waals surface area contributed by atoms with Crippen molar-refractivity contribution in [3.8, 4) is 5.75 Å². The predicted molar refractivity (Wildman–Crippen MR) is 109 cm³/mol. The van der Waals surface area contributed by atoms with Crippen LogP contribution in [0.1, 0.15) is 35.0 Å². The molecule has 0 saturated carbocycles. The molecule has 3 heterocycles. The molecule has 1 amide bonds. The predicted octanol–water partition coefficient (Wildman–Crippen LogP) is 2.95. The lowest BCUT2D eigenvalue weighted by atomic mass is 9.94. The lowest BCUT2D eigenvalue weighted by molar-refractivity contribution is 0.0914. The Morgan fingerprint density at radius 1 is 1.32 bits per heavy atom. The number of aryl methyl sites for hydroxylation is 1. The third-order valence-electron chi connectivity index (χ3n) is 5.28. The van der Waals surface area contributed by atoms with Gasteiger partial charge in [0.25, 0.3) is 5.91 Å². The van der Waals surface area contributed by atoms with Gasteiger partial charge in [-0.25, -0.2) is 4.98 Å². The summed E-state index contributed by atoms with van der Waals surface area (Å²) in [4.78, 5) is 17.2. The van der Waals surface area contributed by atoms with E-state index in [1.165, 1.54) is 5.56 Å². The second-order valence-corrected chi connectivity index (χ2v) is 7.57. The van der Waals surface area contributed by atoms with Gasteiger partial charge in [0, 0.05) is 30.5 Å². The molecule has 1 fully saturated rings. The SMILES string of the molecule is Cc1ccc2nc(COc3cccc(C(=O)NC4CNCCC4C)c3)cn2c1. The van der Waals surface area contributed by atoms with E-state index in [1.807, 2.05) is 47.1 Å². The Morgan fingerprint density at radius 3 is 3.07 bits per heavy atom. The zero-order valence-electron chi connectivity index (χ0n) is 16.3. The lowest BCUT2D eigenvalue weighted by Gasteiger charge is -2.30. The molecule has 2 unspecified atom stereocenters. The van der Waals surface area contributed by atoms with Gasteiger partial charge in [-0.15, -0.1) is 0 Å². The number of carbonyl (C=O) groups excluding carboxylic acids is 1. The Hall–Kier alpha value is -2.86. The molecule has 6 nitrogen and oxygen atoms in total. The minimum absolute atomic E-state index is 0.0609. The van der Waals surface area contributed by atoms with Crippen LogP contribution in [-0.4, -0.2) is 34.4 Å². The van der Waals surface area contributed by atoms with Crippen LogP contribution in [0.3, 0.4) is 0 Å². The molecule has 0 bridgehead atoms. The van der Waals surface area contributed by atoms with Crippen molar-refractivity contribution in [1.82, 2.24) is 20.0 Å². The van der Waals surface area contributed by atoms with Crippen LogP contribution >= 0.6 is 0 Å². The molecule has 0 aliphatic carbocycles. The topological polar surface area (TPSA) is 67.7 Å². The van der Waals surface area contributed by atoms with E-state index in [1.54, 1.807) is 6.07 Å². The molecule has 4 rings (SSSR count). The molecule has 6 heteroatoms. The highest BCUT2D eigenvalue weighted by atomic mass is 16.5. The summed E-state index contributed by atoms with van der Waals surface area (Å²) in [5.41, 5.74) is 3.54. The molecule has 146 valence electrons. The van der Waals surface area contributed by atoms with Crippen LogP contribution in [0.4, 0.5) is 0 Å². The van der Waals surface area contributed by atoms with Gasteiger partial charge < -0.3 is 19.8 Å². The van der Waals surface area contributed by atoms with Crippen LogP contribution in [0, 0.1) is 12.8 Å². The largest absolute Gasteiger partial charge is 0.487 e. The highest BCUT2D eigenvalue weighted by molar-refractivity contribution is 5.94. The van der Waals surface area contributed by atoms with Gasteiger partial charge in [-0.3, -0.25) is 4.79 Å². The number of piperidine rings is 1. The minimum atomic E-state index is -0.0609. The number of nitrogens with one attached hydrogen (secondary N) is 2. The monoisotopic (exact) mass is 378 g/mol. The van der Waals surface area contributed by atoms with Crippen LogP contribution in [0.5, 0.6) is 5.75 Å². The average Bonchev–Trinajstić information content (AvgIpc) is 3.10. The molecule has 28 heavy (non-hydrogen) atoms. The molecular weight excluding hydrogens is 352 g/mol. The standard InChI is InChI=1S/C22H26N4O2/c1-15-6-7-21-24-18(13-26(21)12-15)14-28-19-5-3-4-17(10-19)22(27)25-20-11-23-9-8-16(20)2/h3-7,10,12-13,16,20,23H,8-9,11,14H2,1-2H3,(H,25,27). The summed E-state index contributed by atoms with van der Waals surface area (Å²) >= 11 is 0. The first-order valence-electron chi connectivity index (χ1n) is 9.77. The molecule has 1 aliphatic heterocycles. The first-order chi connectivity index (χ1) is 13.6. The van der Waals surface area contributed by atoms with Gasteiger partial charge in [0.2, 0.25) is 0 Å². The van der Waals surface area contributed by atoms with Crippen molar-refractivity contribution in [2.24, 2.45) is 5.92 Å². The highest BCUT2D eigenvalue weighted by Crippen LogP contribution is 2.17. The van der Waals surface area contributed by atoms with Gasteiger partial charge in [0.15, 0.2) is 0 Å². The number of pyridine rings is 1. The summed E-state index contributed by atoms with van der Waals surface area (Å²) in [6.07, 6.45) is 5.08. The van der Waals surface area contributed by atoms with Crippen LogP contribution < -0.4 is 15.4 Å². The van der Waals surface area contributed by atoms with Gasteiger partial charge >= 0.3 is 0 Å². The molecule has 2 N–H and O–H groups in total. The van der Waals surface area contributed by atoms with Gasteiger partial charge in [0.1, 0.15) is 18.0 Å². The summed E-state index contributed by atoms with van der Waals surface area (Å²) in [6.45, 7) is 6.42. The van der Waals surface area contributed by atoms with Crippen molar-refractivity contribution in [3.63, 3.8) is 0 Å². The third-order valence-corrected chi connectivity index (χ3v) is 5.28. The van der Waals surface area contributed by atoms with E-state index >= 15 is 0 Å². The molecule has 1 aliphatic rings. The van der Waals surface area contributed by atoms with E-state index < -0.39 is 0 Å². The molecule has 1 aromatic carbocycles. The van der Waals surface area contributed by atoms with Crippen molar-refractivity contribution >= 4 is 11.6 Å². The Balaban J connectivity index is 1.40. The number of ether oxygens (including phenoxy) is 1. The molecule has 3 aromatic rings. The number of hydrogen-bond donors (Lipinski definition) is 2. The van der Waals surface area contributed by atoms with Crippen molar-refractivity contribution in [1.29, 1.82) is 0 Å². The summed E-state index contributed by atoms with van der Waals surface area (Å²) in [6, 6.07) is 11.5. The van der Waals surface area contributed by atoms with Crippen molar-refractivity contribution in [2.45, 2.75) is 32.9 Å². The molecule has 1 saturated heterocycles. The fourth-order valence-electron chi connectivity index (χ4n) is 3.54. The summed E-state index contributed by atoms with van der Waals surface area (Å²) in [5.74, 6) is 1.08. The van der Waals surface area contributed by atoms with Crippen LogP contribution in [0.2, 0.25) is 0 Å². The lowest BCUT2D eigenvalue weighted by Crippen LogP contribution is -2.50. The summed E-state index contributed by atoms with van der Waals surface area (Å²) in [7, 11) is 0. The Kier molecular flexibility index (Phi) is 5.30. The van der Waals surface area contributed by atoms with Crippen molar-refractivity contribution in [2.75, 3.05) is 13.1 Å². The Bertz CT molecular complexity index is 982. The highest BCUT2D eigenvalue weighted by Gasteiger charge is 2.23. The number of benzene rings is 1. The number of carbonyl (C=O) groups is 1. The fourth-order valence-corrected chi connectivity index (χ4v) is 3.54. The number of nitrogens with zero attached hydrogens (tertiary/aromatic N) is 2. The Morgan fingerprint density at radius 2 is 2.21 bits per heavy atom. The van der Waals surface area contributed by atoms with E-state index in [4.69, 9.17) is 4.74 Å². The van der Waals surface area contributed by atoms with Gasteiger partial charge in [-0.2, -0.15) is 0 Å². The fraction of sp³-hybridized carbons (Fsp3) is 0.364. The average molecular weight is 378 g/mol. The minimum Gasteiger partial charge on any atom is -0.487 e. The van der Waals surface area contributed by atoms with Crippen LogP contribution in [-0.2, 0) is 6.61 Å². The normalized spacial score (nSPS) is 19.5. The first kappa shape index (κ1) is 18.5. The maximum atomic E-state index is 12.6. The van der Waals surface area contributed by atoms with Crippen molar-refractivity contribution < 1.29 is 9.53 Å². The van der Waals surface area contributed by atoms with Crippen LogP contribution in [0.15, 0.2) is 48.8 Å². The maximum Gasteiger partial charge on any atom is 0.251 e. The third kappa shape index (κ3) is 4.17. The number of fused-ring (bicyclic) bond motifs is 1.